The second-order valence-electron chi connectivity index (χ2n) is 3.72. The van der Waals surface area contributed by atoms with Gasteiger partial charge in [-0.05, 0) is 6.08 Å². The van der Waals surface area contributed by atoms with Gasteiger partial charge in [0.05, 0.1) is 7.11 Å². The first-order valence-corrected chi connectivity index (χ1v) is 5.62. The number of aromatic nitrogens is 2. The molecule has 3 heterocycles. The summed E-state index contributed by atoms with van der Waals surface area (Å²) in [6.45, 7) is 0.405. The van der Waals surface area contributed by atoms with Crippen molar-refractivity contribution in [3.8, 4) is 11.6 Å². The molecule has 1 aliphatic rings. The van der Waals surface area contributed by atoms with Crippen LogP contribution in [0.2, 0.25) is 0 Å². The molecule has 102 valence electrons. The SMILES string of the molecule is COC(=O)c1coc(-c2coc(C3=CCOC=N3)n2)n1. The van der Waals surface area contributed by atoms with Crippen molar-refractivity contribution in [2.24, 2.45) is 4.99 Å². The lowest BCUT2D eigenvalue weighted by Gasteiger charge is -2.02. The van der Waals surface area contributed by atoms with Gasteiger partial charge in [0.15, 0.2) is 17.8 Å². The molecule has 0 N–H and O–H groups in total. The number of carbonyl (C=O) groups is 1. The van der Waals surface area contributed by atoms with Crippen molar-refractivity contribution in [1.29, 1.82) is 0 Å². The first-order valence-electron chi connectivity index (χ1n) is 5.62. The summed E-state index contributed by atoms with van der Waals surface area (Å²) < 4.78 is 19.9. The Labute approximate surface area is 112 Å². The second-order valence-corrected chi connectivity index (χ2v) is 3.72. The normalized spacial score (nSPS) is 13.8. The highest BCUT2D eigenvalue weighted by atomic mass is 16.5. The third kappa shape index (κ3) is 2.18. The third-order valence-corrected chi connectivity index (χ3v) is 2.48. The number of hydrogen-bond donors (Lipinski definition) is 0. The smallest absolute Gasteiger partial charge is 0.360 e. The van der Waals surface area contributed by atoms with Crippen LogP contribution in [0.25, 0.3) is 17.3 Å². The zero-order valence-corrected chi connectivity index (χ0v) is 10.4. The van der Waals surface area contributed by atoms with Crippen LogP contribution in [-0.4, -0.2) is 36.1 Å². The maximum atomic E-state index is 11.3. The number of rotatable bonds is 3. The molecule has 0 unspecified atom stereocenters. The van der Waals surface area contributed by atoms with Gasteiger partial charge < -0.3 is 18.3 Å². The van der Waals surface area contributed by atoms with Gasteiger partial charge in [0.1, 0.15) is 24.8 Å². The molecule has 0 radical (unpaired) electrons. The number of aliphatic imine (C=N–C) groups is 1. The monoisotopic (exact) mass is 275 g/mol. The molecule has 0 saturated carbocycles. The van der Waals surface area contributed by atoms with Gasteiger partial charge in [-0.25, -0.2) is 19.8 Å². The summed E-state index contributed by atoms with van der Waals surface area (Å²) in [5.41, 5.74) is 0.982. The lowest BCUT2D eigenvalue weighted by Crippen LogP contribution is -2.01. The van der Waals surface area contributed by atoms with Gasteiger partial charge in [0.25, 0.3) is 0 Å². The van der Waals surface area contributed by atoms with E-state index in [9.17, 15) is 4.79 Å². The molecular weight excluding hydrogens is 266 g/mol. The van der Waals surface area contributed by atoms with Gasteiger partial charge in [-0.15, -0.1) is 0 Å². The molecule has 1 aliphatic heterocycles. The van der Waals surface area contributed by atoms with E-state index in [-0.39, 0.29) is 11.6 Å². The molecule has 0 fully saturated rings. The van der Waals surface area contributed by atoms with Crippen LogP contribution >= 0.6 is 0 Å². The van der Waals surface area contributed by atoms with Crippen molar-refractivity contribution in [2.75, 3.05) is 13.7 Å². The van der Waals surface area contributed by atoms with Crippen molar-refractivity contribution in [3.63, 3.8) is 0 Å². The Bertz CT molecular complexity index is 698. The summed E-state index contributed by atoms with van der Waals surface area (Å²) >= 11 is 0. The van der Waals surface area contributed by atoms with Crippen molar-refractivity contribution < 1.29 is 23.1 Å². The van der Waals surface area contributed by atoms with E-state index < -0.39 is 5.97 Å². The summed E-state index contributed by atoms with van der Waals surface area (Å²) in [7, 11) is 1.26. The Morgan fingerprint density at radius 3 is 2.85 bits per heavy atom. The minimum Gasteiger partial charge on any atom is -0.479 e. The first kappa shape index (κ1) is 12.2. The standard InChI is InChI=1S/C12H9N3O5/c1-17-12(16)9-5-20-11(15-9)8-4-19-10(14-8)7-2-3-18-6-13-7/h2,4-6H,3H2,1H3. The molecule has 0 amide bonds. The zero-order chi connectivity index (χ0) is 13.9. The van der Waals surface area contributed by atoms with Crippen molar-refractivity contribution in [2.45, 2.75) is 0 Å². The molecule has 8 heteroatoms. The van der Waals surface area contributed by atoms with Crippen LogP contribution in [0.3, 0.4) is 0 Å². The largest absolute Gasteiger partial charge is 0.479 e. The van der Waals surface area contributed by atoms with Gasteiger partial charge >= 0.3 is 5.97 Å². The molecule has 0 saturated heterocycles. The fourth-order valence-electron chi connectivity index (χ4n) is 1.54. The predicted octanol–water partition coefficient (Wildman–Crippen LogP) is 1.52. The number of ether oxygens (including phenoxy) is 2. The average Bonchev–Trinajstić information content (AvgIpc) is 3.16. The first-order chi connectivity index (χ1) is 9.78. The molecule has 3 rings (SSSR count). The highest BCUT2D eigenvalue weighted by molar-refractivity contribution is 5.87. The Balaban J connectivity index is 1.86. The number of methoxy groups -OCH3 is 1. The topological polar surface area (TPSA) is 100.0 Å². The van der Waals surface area contributed by atoms with Gasteiger partial charge in [0, 0.05) is 0 Å². The van der Waals surface area contributed by atoms with Crippen LogP contribution < -0.4 is 0 Å². The summed E-state index contributed by atoms with van der Waals surface area (Å²) in [5, 5.41) is 0. The minimum atomic E-state index is -0.583. The van der Waals surface area contributed by atoms with Crippen LogP contribution in [0, 0.1) is 0 Å². The van der Waals surface area contributed by atoms with Gasteiger partial charge in [0.2, 0.25) is 11.8 Å². The summed E-state index contributed by atoms with van der Waals surface area (Å²) in [5.74, 6) is -0.102. The van der Waals surface area contributed by atoms with E-state index in [1.54, 1.807) is 6.08 Å². The third-order valence-electron chi connectivity index (χ3n) is 2.48. The van der Waals surface area contributed by atoms with Crippen molar-refractivity contribution >= 4 is 18.1 Å². The molecule has 0 bridgehead atoms. The number of hydrogen-bond acceptors (Lipinski definition) is 8. The van der Waals surface area contributed by atoms with Crippen LogP contribution in [0.1, 0.15) is 16.4 Å². The Hall–Kier alpha value is -2.90. The summed E-state index contributed by atoms with van der Waals surface area (Å²) in [6.07, 6.45) is 5.61. The van der Waals surface area contributed by atoms with E-state index in [2.05, 4.69) is 19.7 Å². The quantitative estimate of drug-likeness (QED) is 0.782. The van der Waals surface area contributed by atoms with E-state index in [0.29, 0.717) is 23.9 Å². The minimum absolute atomic E-state index is 0.0651. The maximum absolute atomic E-state index is 11.3. The lowest BCUT2D eigenvalue weighted by atomic mass is 10.4. The maximum Gasteiger partial charge on any atom is 0.360 e. The highest BCUT2D eigenvalue weighted by Crippen LogP contribution is 2.23. The van der Waals surface area contributed by atoms with E-state index in [4.69, 9.17) is 13.6 Å². The number of carbonyl (C=O) groups excluding carboxylic acids is 1. The molecule has 0 aromatic carbocycles. The Morgan fingerprint density at radius 2 is 2.10 bits per heavy atom. The van der Waals surface area contributed by atoms with Gasteiger partial charge in [-0.2, -0.15) is 0 Å². The Kier molecular flexibility index (Phi) is 3.04. The average molecular weight is 275 g/mol. The van der Waals surface area contributed by atoms with E-state index in [1.165, 1.54) is 26.0 Å². The Morgan fingerprint density at radius 1 is 1.25 bits per heavy atom. The number of nitrogens with zero attached hydrogens (tertiary/aromatic N) is 3. The molecule has 20 heavy (non-hydrogen) atoms. The van der Waals surface area contributed by atoms with Crippen molar-refractivity contribution in [1.82, 2.24) is 9.97 Å². The molecule has 0 atom stereocenters. The van der Waals surface area contributed by atoms with Gasteiger partial charge in [-0.1, -0.05) is 0 Å². The fraction of sp³-hybridized carbons (Fsp3) is 0.167. The van der Waals surface area contributed by atoms with Gasteiger partial charge in [-0.3, -0.25) is 0 Å². The second kappa shape index (κ2) is 5.00. The summed E-state index contributed by atoms with van der Waals surface area (Å²) in [4.78, 5) is 23.4. The molecular formula is C12H9N3O5. The molecule has 2 aromatic heterocycles. The summed E-state index contributed by atoms with van der Waals surface area (Å²) in [6, 6.07) is 0. The van der Waals surface area contributed by atoms with E-state index >= 15 is 0 Å². The van der Waals surface area contributed by atoms with E-state index in [0.717, 1.165) is 0 Å². The number of oxazole rings is 2. The van der Waals surface area contributed by atoms with Crippen molar-refractivity contribution in [3.05, 3.63) is 30.2 Å². The van der Waals surface area contributed by atoms with Crippen LogP contribution in [0.15, 0.2) is 32.4 Å². The number of esters is 1. The lowest BCUT2D eigenvalue weighted by molar-refractivity contribution is 0.0594. The molecule has 2 aromatic rings. The van der Waals surface area contributed by atoms with Crippen LogP contribution in [0.5, 0.6) is 0 Å². The van der Waals surface area contributed by atoms with Crippen LogP contribution in [0.4, 0.5) is 0 Å². The predicted molar refractivity (Wildman–Crippen MR) is 65.8 cm³/mol. The zero-order valence-electron chi connectivity index (χ0n) is 10.4. The molecule has 0 aliphatic carbocycles. The van der Waals surface area contributed by atoms with E-state index in [1.807, 2.05) is 0 Å². The van der Waals surface area contributed by atoms with Crippen LogP contribution in [-0.2, 0) is 9.47 Å². The fourth-order valence-corrected chi connectivity index (χ4v) is 1.54. The highest BCUT2D eigenvalue weighted by Gasteiger charge is 2.18. The molecule has 8 nitrogen and oxygen atoms in total. The molecule has 0 spiro atoms.